The molecule has 3 rings (SSSR count). The number of amides is 1. The maximum absolute atomic E-state index is 12.6. The zero-order chi connectivity index (χ0) is 14.8. The third kappa shape index (κ3) is 2.42. The molecule has 1 aliphatic rings. The van der Waals surface area contributed by atoms with E-state index < -0.39 is 0 Å². The van der Waals surface area contributed by atoms with Crippen molar-refractivity contribution in [2.75, 3.05) is 13.1 Å². The molecule has 0 spiro atoms. The van der Waals surface area contributed by atoms with Crippen LogP contribution in [-0.2, 0) is 0 Å². The molecule has 21 heavy (non-hydrogen) atoms. The number of rotatable bonds is 2. The molecular weight excluding hydrogens is 268 g/mol. The number of aromatic nitrogens is 2. The molecule has 1 unspecified atom stereocenters. The first-order valence-electron chi connectivity index (χ1n) is 7.21. The Balaban J connectivity index is 2.01. The van der Waals surface area contributed by atoms with Gasteiger partial charge in [0.05, 0.1) is 5.52 Å². The highest BCUT2D eigenvalue weighted by Crippen LogP contribution is 2.18. The summed E-state index contributed by atoms with van der Waals surface area (Å²) < 4.78 is 0. The topological polar surface area (TPSA) is 92.1 Å². The van der Waals surface area contributed by atoms with Gasteiger partial charge >= 0.3 is 0 Å². The average Bonchev–Trinajstić information content (AvgIpc) is 2.55. The Morgan fingerprint density at radius 3 is 3.00 bits per heavy atom. The van der Waals surface area contributed by atoms with E-state index in [9.17, 15) is 9.59 Å². The molecular formula is C15H18N4O2. The summed E-state index contributed by atoms with van der Waals surface area (Å²) in [5.74, 6) is -0.322. The van der Waals surface area contributed by atoms with Crippen LogP contribution in [0.15, 0.2) is 29.1 Å². The molecule has 1 fully saturated rings. The lowest BCUT2D eigenvalue weighted by molar-refractivity contribution is 0.0615. The quantitative estimate of drug-likeness (QED) is 0.857. The van der Waals surface area contributed by atoms with E-state index in [-0.39, 0.29) is 23.1 Å². The van der Waals surface area contributed by atoms with Crippen molar-refractivity contribution in [3.8, 4) is 0 Å². The van der Waals surface area contributed by atoms with E-state index in [2.05, 4.69) is 10.2 Å². The van der Waals surface area contributed by atoms with E-state index in [4.69, 9.17) is 5.73 Å². The van der Waals surface area contributed by atoms with Gasteiger partial charge in [-0.05, 0) is 31.4 Å². The summed E-state index contributed by atoms with van der Waals surface area (Å²) in [5.41, 5.74) is 6.00. The second-order valence-corrected chi connectivity index (χ2v) is 5.33. The Bertz CT molecular complexity index is 725. The molecule has 0 bridgehead atoms. The molecule has 1 aromatic heterocycles. The van der Waals surface area contributed by atoms with Crippen LogP contribution in [0.5, 0.6) is 0 Å². The first-order chi connectivity index (χ1) is 10.2. The van der Waals surface area contributed by atoms with Crippen LogP contribution in [0.2, 0.25) is 0 Å². The van der Waals surface area contributed by atoms with Gasteiger partial charge in [-0.1, -0.05) is 12.1 Å². The summed E-state index contributed by atoms with van der Waals surface area (Å²) in [6, 6.07) is 7.05. The van der Waals surface area contributed by atoms with Crippen molar-refractivity contribution in [1.29, 1.82) is 0 Å². The van der Waals surface area contributed by atoms with Crippen LogP contribution < -0.4 is 11.2 Å². The van der Waals surface area contributed by atoms with Gasteiger partial charge in [0, 0.05) is 24.5 Å². The summed E-state index contributed by atoms with van der Waals surface area (Å²) in [6.07, 6.45) is 2.88. The van der Waals surface area contributed by atoms with Crippen LogP contribution in [0.25, 0.3) is 10.9 Å². The van der Waals surface area contributed by atoms with Gasteiger partial charge in [-0.15, -0.1) is 0 Å². The molecule has 1 aromatic carbocycles. The Kier molecular flexibility index (Phi) is 3.70. The van der Waals surface area contributed by atoms with Gasteiger partial charge in [0.1, 0.15) is 0 Å². The predicted octanol–water partition coefficient (Wildman–Crippen LogP) is 0.876. The van der Waals surface area contributed by atoms with Gasteiger partial charge in [-0.25, -0.2) is 0 Å². The highest BCUT2D eigenvalue weighted by atomic mass is 16.2. The van der Waals surface area contributed by atoms with Crippen molar-refractivity contribution >= 4 is 16.8 Å². The second kappa shape index (κ2) is 5.65. The Hall–Kier alpha value is -2.21. The third-order valence-corrected chi connectivity index (χ3v) is 4.04. The zero-order valence-electron chi connectivity index (χ0n) is 11.7. The predicted molar refractivity (Wildman–Crippen MR) is 80.1 cm³/mol. The first kappa shape index (κ1) is 13.8. The third-order valence-electron chi connectivity index (χ3n) is 4.04. The highest BCUT2D eigenvalue weighted by molar-refractivity contribution is 5.95. The van der Waals surface area contributed by atoms with Crippen molar-refractivity contribution in [3.63, 3.8) is 0 Å². The van der Waals surface area contributed by atoms with Gasteiger partial charge in [-0.3, -0.25) is 14.7 Å². The lowest BCUT2D eigenvalue weighted by Crippen LogP contribution is -2.48. The van der Waals surface area contributed by atoms with Gasteiger partial charge in [-0.2, -0.15) is 5.10 Å². The fraction of sp³-hybridized carbons (Fsp3) is 0.400. The summed E-state index contributed by atoms with van der Waals surface area (Å²) in [4.78, 5) is 26.8. The van der Waals surface area contributed by atoms with Crippen LogP contribution in [0.4, 0.5) is 0 Å². The number of nitrogens with one attached hydrogen (secondary N) is 1. The minimum atomic E-state index is -0.323. The maximum atomic E-state index is 12.6. The highest BCUT2D eigenvalue weighted by Gasteiger charge is 2.29. The van der Waals surface area contributed by atoms with Crippen LogP contribution in [0.1, 0.15) is 29.8 Å². The molecule has 6 heteroatoms. The molecule has 0 aliphatic carbocycles. The van der Waals surface area contributed by atoms with E-state index in [1.54, 1.807) is 23.1 Å². The number of para-hydroxylation sites is 1. The molecule has 0 radical (unpaired) electrons. The van der Waals surface area contributed by atoms with Gasteiger partial charge in [0.25, 0.3) is 5.91 Å². The van der Waals surface area contributed by atoms with Crippen molar-refractivity contribution in [2.24, 2.45) is 5.73 Å². The van der Waals surface area contributed by atoms with E-state index in [0.717, 1.165) is 19.3 Å². The number of aromatic amines is 1. The molecule has 3 N–H and O–H groups in total. The monoisotopic (exact) mass is 286 g/mol. The number of hydrogen-bond acceptors (Lipinski definition) is 4. The lowest BCUT2D eigenvalue weighted by Gasteiger charge is -2.34. The van der Waals surface area contributed by atoms with Crippen LogP contribution in [0.3, 0.4) is 0 Å². The van der Waals surface area contributed by atoms with Gasteiger partial charge in [0.15, 0.2) is 5.69 Å². The fourth-order valence-corrected chi connectivity index (χ4v) is 2.87. The normalized spacial score (nSPS) is 18.9. The number of piperidine rings is 1. The number of fused-ring (bicyclic) bond motifs is 1. The Labute approximate surface area is 121 Å². The lowest BCUT2D eigenvalue weighted by atomic mass is 10.0. The number of likely N-dealkylation sites (tertiary alicyclic amines) is 1. The van der Waals surface area contributed by atoms with Crippen LogP contribution >= 0.6 is 0 Å². The number of nitrogens with two attached hydrogens (primary N) is 1. The van der Waals surface area contributed by atoms with Crippen molar-refractivity contribution in [2.45, 2.75) is 25.3 Å². The molecule has 110 valence electrons. The van der Waals surface area contributed by atoms with Crippen molar-refractivity contribution in [3.05, 3.63) is 40.2 Å². The summed E-state index contributed by atoms with van der Waals surface area (Å²) >= 11 is 0. The number of hydrogen-bond donors (Lipinski definition) is 2. The van der Waals surface area contributed by atoms with E-state index >= 15 is 0 Å². The minimum absolute atomic E-state index is 0.001000. The molecule has 2 aromatic rings. The summed E-state index contributed by atoms with van der Waals surface area (Å²) in [7, 11) is 0. The molecule has 1 aliphatic heterocycles. The number of benzene rings is 1. The number of H-pyrrole nitrogens is 1. The summed E-state index contributed by atoms with van der Waals surface area (Å²) in [5, 5.41) is 7.25. The first-order valence-corrected chi connectivity index (χ1v) is 7.21. The molecule has 2 heterocycles. The van der Waals surface area contributed by atoms with Gasteiger partial charge < -0.3 is 10.6 Å². The molecule has 1 atom stereocenters. The van der Waals surface area contributed by atoms with Crippen molar-refractivity contribution < 1.29 is 4.79 Å². The van der Waals surface area contributed by atoms with Crippen molar-refractivity contribution in [1.82, 2.24) is 15.1 Å². The standard InChI is InChI=1S/C15H18N4O2/c16-9-10-5-3-4-8-19(10)15(21)13-14(20)11-6-1-2-7-12(11)17-18-13/h1-2,6-7,10H,3-5,8-9,16H2,(H,17,20). The molecule has 6 nitrogen and oxygen atoms in total. The molecule has 0 saturated carbocycles. The van der Waals surface area contributed by atoms with Crippen LogP contribution in [-0.4, -0.2) is 40.1 Å². The largest absolute Gasteiger partial charge is 0.333 e. The van der Waals surface area contributed by atoms with Crippen LogP contribution in [0, 0.1) is 0 Å². The zero-order valence-corrected chi connectivity index (χ0v) is 11.7. The number of carbonyl (C=O) groups is 1. The SMILES string of the molecule is NCC1CCCCN1C(=O)c1n[nH]c2ccccc2c1=O. The molecule has 1 amide bonds. The maximum Gasteiger partial charge on any atom is 0.278 e. The number of carbonyl (C=O) groups excluding carboxylic acids is 1. The Morgan fingerprint density at radius 1 is 1.38 bits per heavy atom. The van der Waals surface area contributed by atoms with E-state index in [1.165, 1.54) is 0 Å². The van der Waals surface area contributed by atoms with E-state index in [0.29, 0.717) is 24.0 Å². The fourth-order valence-electron chi connectivity index (χ4n) is 2.87. The minimum Gasteiger partial charge on any atom is -0.333 e. The Morgan fingerprint density at radius 2 is 2.19 bits per heavy atom. The second-order valence-electron chi connectivity index (χ2n) is 5.33. The average molecular weight is 286 g/mol. The summed E-state index contributed by atoms with van der Waals surface area (Å²) in [6.45, 7) is 1.05. The van der Waals surface area contributed by atoms with Gasteiger partial charge in [0.2, 0.25) is 5.43 Å². The molecule has 1 saturated heterocycles. The number of nitrogens with zero attached hydrogens (tertiary/aromatic N) is 2. The smallest absolute Gasteiger partial charge is 0.278 e. The van der Waals surface area contributed by atoms with E-state index in [1.807, 2.05) is 6.07 Å².